The minimum atomic E-state index is -0.838. The maximum absolute atomic E-state index is 12.0. The molecule has 0 aromatic rings. The van der Waals surface area contributed by atoms with Crippen molar-refractivity contribution in [2.45, 2.75) is 57.5 Å². The summed E-state index contributed by atoms with van der Waals surface area (Å²) in [5.74, 6) is 0.119. The van der Waals surface area contributed by atoms with Gasteiger partial charge in [0.05, 0.1) is 12.1 Å². The number of hydrogen-bond acceptors (Lipinski definition) is 4. The number of aliphatic hydroxyl groups is 2. The predicted octanol–water partition coefficient (Wildman–Crippen LogP) is 0.738. The van der Waals surface area contributed by atoms with Crippen LogP contribution in [0.15, 0.2) is 0 Å². The lowest BCUT2D eigenvalue weighted by atomic mass is 9.98. The van der Waals surface area contributed by atoms with E-state index in [4.69, 9.17) is 4.74 Å². The first kappa shape index (κ1) is 12.6. The van der Waals surface area contributed by atoms with Gasteiger partial charge in [-0.3, -0.25) is 0 Å². The molecule has 0 radical (unpaired) electrons. The van der Waals surface area contributed by atoms with Crippen LogP contribution in [0.1, 0.15) is 33.6 Å². The molecule has 1 aliphatic heterocycles. The molecular weight excluding hydrogens is 222 g/mol. The van der Waals surface area contributed by atoms with Crippen molar-refractivity contribution >= 4 is 6.09 Å². The number of nitrogens with zero attached hydrogens (tertiary/aromatic N) is 1. The molecule has 1 amide bonds. The van der Waals surface area contributed by atoms with Crippen molar-refractivity contribution in [2.75, 3.05) is 6.54 Å². The number of aliphatic hydroxyl groups excluding tert-OH is 2. The summed E-state index contributed by atoms with van der Waals surface area (Å²) in [6.45, 7) is 6.01. The van der Waals surface area contributed by atoms with Crippen LogP contribution in [0.2, 0.25) is 0 Å². The molecule has 2 aliphatic rings. The van der Waals surface area contributed by atoms with E-state index in [-0.39, 0.29) is 12.0 Å². The van der Waals surface area contributed by atoms with Crippen molar-refractivity contribution in [2.24, 2.45) is 5.92 Å². The van der Waals surface area contributed by atoms with Crippen LogP contribution in [0.25, 0.3) is 0 Å². The molecule has 17 heavy (non-hydrogen) atoms. The Labute approximate surface area is 101 Å². The first-order valence-corrected chi connectivity index (χ1v) is 6.15. The molecule has 98 valence electrons. The molecule has 2 N–H and O–H groups in total. The molecule has 5 nitrogen and oxygen atoms in total. The molecule has 1 saturated carbocycles. The number of amides is 1. The quantitative estimate of drug-likeness (QED) is 0.658. The zero-order chi connectivity index (χ0) is 12.8. The lowest BCUT2D eigenvalue weighted by Gasteiger charge is -2.35. The van der Waals surface area contributed by atoms with Crippen molar-refractivity contribution < 1.29 is 19.7 Å². The molecule has 0 aromatic heterocycles. The van der Waals surface area contributed by atoms with E-state index in [0.717, 1.165) is 6.42 Å². The van der Waals surface area contributed by atoms with E-state index in [2.05, 4.69) is 0 Å². The molecule has 0 aromatic carbocycles. The van der Waals surface area contributed by atoms with Crippen molar-refractivity contribution in [3.05, 3.63) is 0 Å². The van der Waals surface area contributed by atoms with Gasteiger partial charge in [-0.05, 0) is 39.5 Å². The molecule has 5 heteroatoms. The average molecular weight is 243 g/mol. The summed E-state index contributed by atoms with van der Waals surface area (Å²) >= 11 is 0. The minimum absolute atomic E-state index is 0.119. The van der Waals surface area contributed by atoms with Gasteiger partial charge in [0.2, 0.25) is 0 Å². The Bertz CT molecular complexity index is 312. The summed E-state index contributed by atoms with van der Waals surface area (Å²) in [7, 11) is 0. The van der Waals surface area contributed by atoms with E-state index in [1.807, 2.05) is 20.8 Å². The lowest BCUT2D eigenvalue weighted by molar-refractivity contribution is -0.0147. The molecule has 2 rings (SSSR count). The molecule has 4 atom stereocenters. The highest BCUT2D eigenvalue weighted by Crippen LogP contribution is 2.37. The highest BCUT2D eigenvalue weighted by Gasteiger charge is 2.49. The van der Waals surface area contributed by atoms with Gasteiger partial charge in [0, 0.05) is 6.54 Å². The van der Waals surface area contributed by atoms with Crippen molar-refractivity contribution in [1.82, 2.24) is 4.90 Å². The van der Waals surface area contributed by atoms with Gasteiger partial charge >= 0.3 is 6.09 Å². The second-order valence-electron chi connectivity index (χ2n) is 6.01. The average Bonchev–Trinajstić information content (AvgIpc) is 2.42. The Morgan fingerprint density at radius 2 is 1.94 bits per heavy atom. The van der Waals surface area contributed by atoms with Crippen molar-refractivity contribution in [3.63, 3.8) is 0 Å². The number of rotatable bonds is 0. The lowest BCUT2D eigenvalue weighted by Crippen LogP contribution is -2.48. The summed E-state index contributed by atoms with van der Waals surface area (Å²) < 4.78 is 5.31. The monoisotopic (exact) mass is 243 g/mol. The third-order valence-corrected chi connectivity index (χ3v) is 3.54. The maximum Gasteiger partial charge on any atom is 0.410 e. The molecule has 1 saturated heterocycles. The van der Waals surface area contributed by atoms with E-state index < -0.39 is 23.9 Å². The van der Waals surface area contributed by atoms with E-state index in [1.54, 1.807) is 4.90 Å². The Hall–Kier alpha value is -0.810. The van der Waals surface area contributed by atoms with Gasteiger partial charge in [0.15, 0.2) is 0 Å². The molecule has 0 unspecified atom stereocenters. The summed E-state index contributed by atoms with van der Waals surface area (Å²) in [4.78, 5) is 13.5. The second kappa shape index (κ2) is 4.14. The molecule has 2 fully saturated rings. The summed E-state index contributed by atoms with van der Waals surface area (Å²) in [6, 6.07) is -0.293. The van der Waals surface area contributed by atoms with Crippen LogP contribution in [0.3, 0.4) is 0 Å². The normalized spacial score (nSPS) is 37.1. The van der Waals surface area contributed by atoms with Crippen LogP contribution < -0.4 is 0 Å². The molecular formula is C12H21NO4. The molecule has 2 bridgehead atoms. The van der Waals surface area contributed by atoms with E-state index in [0.29, 0.717) is 13.0 Å². The maximum atomic E-state index is 12.0. The van der Waals surface area contributed by atoms with Gasteiger partial charge in [0.1, 0.15) is 11.7 Å². The SMILES string of the molecule is CC(C)(C)OC(=O)N1CC[C@@H]2C[C@H]1[C@@H](O)[C@H]2O. The second-order valence-corrected chi connectivity index (χ2v) is 6.01. The van der Waals surface area contributed by atoms with Crippen molar-refractivity contribution in [3.8, 4) is 0 Å². The third kappa shape index (κ3) is 2.40. The van der Waals surface area contributed by atoms with Crippen LogP contribution in [-0.2, 0) is 4.74 Å². The first-order chi connectivity index (χ1) is 7.79. The summed E-state index contributed by atoms with van der Waals surface area (Å²) in [5.41, 5.74) is -0.532. The van der Waals surface area contributed by atoms with E-state index in [9.17, 15) is 15.0 Å². The number of carbonyl (C=O) groups excluding carboxylic acids is 1. The fourth-order valence-corrected chi connectivity index (χ4v) is 2.71. The third-order valence-electron chi connectivity index (χ3n) is 3.54. The van der Waals surface area contributed by atoms with Gasteiger partial charge in [-0.1, -0.05) is 0 Å². The Balaban J connectivity index is 2.05. The highest BCUT2D eigenvalue weighted by molar-refractivity contribution is 5.69. The molecule has 0 spiro atoms. The van der Waals surface area contributed by atoms with Crippen LogP contribution >= 0.6 is 0 Å². The van der Waals surface area contributed by atoms with E-state index in [1.165, 1.54) is 0 Å². The number of fused-ring (bicyclic) bond motifs is 2. The Kier molecular flexibility index (Phi) is 3.08. The topological polar surface area (TPSA) is 70.0 Å². The number of hydrogen-bond donors (Lipinski definition) is 2. The number of piperidine rings is 1. The largest absolute Gasteiger partial charge is 0.444 e. The number of carbonyl (C=O) groups is 1. The fraction of sp³-hybridized carbons (Fsp3) is 0.917. The van der Waals surface area contributed by atoms with Gasteiger partial charge in [0.25, 0.3) is 0 Å². The molecule has 1 heterocycles. The van der Waals surface area contributed by atoms with Crippen LogP contribution in [-0.4, -0.2) is 51.6 Å². The number of likely N-dealkylation sites (tertiary alicyclic amines) is 1. The summed E-state index contributed by atoms with van der Waals surface area (Å²) in [5, 5.41) is 19.7. The van der Waals surface area contributed by atoms with Crippen LogP contribution in [0.5, 0.6) is 0 Å². The highest BCUT2D eigenvalue weighted by atomic mass is 16.6. The first-order valence-electron chi connectivity index (χ1n) is 6.15. The zero-order valence-electron chi connectivity index (χ0n) is 10.6. The van der Waals surface area contributed by atoms with E-state index >= 15 is 0 Å². The predicted molar refractivity (Wildman–Crippen MR) is 61.5 cm³/mol. The minimum Gasteiger partial charge on any atom is -0.444 e. The van der Waals surface area contributed by atoms with Gasteiger partial charge in [-0.25, -0.2) is 4.79 Å². The molecule has 1 aliphatic carbocycles. The standard InChI is InChI=1S/C12H21NO4/c1-12(2,3)17-11(16)13-5-4-7-6-8(13)10(15)9(7)14/h7-10,14-15H,4-6H2,1-3H3/t7-,8+,9+,10-/m1/s1. The smallest absolute Gasteiger partial charge is 0.410 e. The van der Waals surface area contributed by atoms with Gasteiger partial charge in [-0.15, -0.1) is 0 Å². The van der Waals surface area contributed by atoms with Crippen LogP contribution in [0, 0.1) is 5.92 Å². The van der Waals surface area contributed by atoms with Crippen LogP contribution in [0.4, 0.5) is 4.79 Å². The van der Waals surface area contributed by atoms with Crippen molar-refractivity contribution in [1.29, 1.82) is 0 Å². The number of ether oxygens (including phenoxy) is 1. The fourth-order valence-electron chi connectivity index (χ4n) is 2.71. The Morgan fingerprint density at radius 3 is 2.53 bits per heavy atom. The van der Waals surface area contributed by atoms with Gasteiger partial charge in [-0.2, -0.15) is 0 Å². The zero-order valence-corrected chi connectivity index (χ0v) is 10.6. The Morgan fingerprint density at radius 1 is 1.29 bits per heavy atom. The summed E-state index contributed by atoms with van der Waals surface area (Å²) in [6.07, 6.45) is -0.535. The van der Waals surface area contributed by atoms with Gasteiger partial charge < -0.3 is 19.8 Å².